The van der Waals surface area contributed by atoms with Gasteiger partial charge in [-0.25, -0.2) is 4.79 Å². The van der Waals surface area contributed by atoms with Gasteiger partial charge in [-0.2, -0.15) is 0 Å². The summed E-state index contributed by atoms with van der Waals surface area (Å²) in [5.74, 6) is -0.223. The van der Waals surface area contributed by atoms with Crippen LogP contribution in [0.15, 0.2) is 48.1 Å². The molecule has 0 N–H and O–H groups in total. The summed E-state index contributed by atoms with van der Waals surface area (Å²) in [6, 6.07) is 9.99. The predicted octanol–water partition coefficient (Wildman–Crippen LogP) is 4.77. The average molecular weight is 272 g/mol. The van der Waals surface area contributed by atoms with Gasteiger partial charge in [-0.05, 0) is 18.9 Å². The topological polar surface area (TPSA) is 26.3 Å². The van der Waals surface area contributed by atoms with Crippen molar-refractivity contribution in [3.8, 4) is 0 Å². The van der Waals surface area contributed by atoms with E-state index in [0.717, 1.165) is 18.4 Å². The number of carbonyl (C=O) groups is 1. The Balaban J connectivity index is 2.33. The molecule has 1 aromatic rings. The Morgan fingerprint density at radius 3 is 2.60 bits per heavy atom. The van der Waals surface area contributed by atoms with E-state index in [9.17, 15) is 4.79 Å². The van der Waals surface area contributed by atoms with Gasteiger partial charge in [0.15, 0.2) is 0 Å². The summed E-state index contributed by atoms with van der Waals surface area (Å²) in [5, 5.41) is 0. The minimum Gasteiger partial charge on any atom is -0.462 e. The first-order valence-corrected chi connectivity index (χ1v) is 7.31. The zero-order chi connectivity index (χ0) is 14.6. The third kappa shape index (κ3) is 6.93. The van der Waals surface area contributed by atoms with E-state index in [-0.39, 0.29) is 5.97 Å². The second-order valence-corrected chi connectivity index (χ2v) is 4.82. The number of unbranched alkanes of at least 4 members (excludes halogenated alkanes) is 3. The first-order chi connectivity index (χ1) is 9.74. The van der Waals surface area contributed by atoms with Crippen LogP contribution >= 0.6 is 0 Å². The van der Waals surface area contributed by atoms with Crippen LogP contribution in [0, 0.1) is 0 Å². The SMILES string of the molecule is CCCCCCOC(=O)C(C)=CC=Cc1ccccc1. The van der Waals surface area contributed by atoms with Gasteiger partial charge in [0, 0.05) is 5.57 Å². The Labute approximate surface area is 122 Å². The molecular weight excluding hydrogens is 248 g/mol. The molecule has 0 saturated carbocycles. The summed E-state index contributed by atoms with van der Waals surface area (Å²) in [5.41, 5.74) is 1.75. The van der Waals surface area contributed by atoms with E-state index in [0.29, 0.717) is 12.2 Å². The normalized spacial score (nSPS) is 11.8. The fourth-order valence-corrected chi connectivity index (χ4v) is 1.74. The van der Waals surface area contributed by atoms with Crippen LogP contribution in [0.3, 0.4) is 0 Å². The second-order valence-electron chi connectivity index (χ2n) is 4.82. The number of hydrogen-bond donors (Lipinski definition) is 0. The van der Waals surface area contributed by atoms with Crippen LogP contribution in [-0.4, -0.2) is 12.6 Å². The molecule has 0 amide bonds. The molecule has 1 aromatic carbocycles. The fraction of sp³-hybridized carbons (Fsp3) is 0.389. The summed E-state index contributed by atoms with van der Waals surface area (Å²) in [4.78, 5) is 11.7. The predicted molar refractivity (Wildman–Crippen MR) is 84.3 cm³/mol. The van der Waals surface area contributed by atoms with Crippen molar-refractivity contribution in [2.75, 3.05) is 6.61 Å². The molecule has 2 heteroatoms. The molecule has 0 saturated heterocycles. The van der Waals surface area contributed by atoms with Gasteiger partial charge >= 0.3 is 5.97 Å². The molecular formula is C18H24O2. The van der Waals surface area contributed by atoms with Crippen molar-refractivity contribution in [2.45, 2.75) is 39.5 Å². The summed E-state index contributed by atoms with van der Waals surface area (Å²) in [6.45, 7) is 4.47. The number of esters is 1. The van der Waals surface area contributed by atoms with E-state index >= 15 is 0 Å². The van der Waals surface area contributed by atoms with Crippen LogP contribution in [0.2, 0.25) is 0 Å². The lowest BCUT2D eigenvalue weighted by atomic mass is 10.2. The summed E-state index contributed by atoms with van der Waals surface area (Å²) in [7, 11) is 0. The quantitative estimate of drug-likeness (QED) is 0.295. The second kappa shape index (κ2) is 10.0. The van der Waals surface area contributed by atoms with Crippen molar-refractivity contribution in [3.05, 3.63) is 53.6 Å². The fourth-order valence-electron chi connectivity index (χ4n) is 1.74. The van der Waals surface area contributed by atoms with Crippen LogP contribution in [0.25, 0.3) is 6.08 Å². The number of ether oxygens (including phenoxy) is 1. The molecule has 0 bridgehead atoms. The molecule has 0 aliphatic carbocycles. The van der Waals surface area contributed by atoms with Gasteiger partial charge < -0.3 is 4.74 Å². The largest absolute Gasteiger partial charge is 0.462 e. The molecule has 0 atom stereocenters. The van der Waals surface area contributed by atoms with Crippen LogP contribution in [0.5, 0.6) is 0 Å². The lowest BCUT2D eigenvalue weighted by Gasteiger charge is -2.03. The van der Waals surface area contributed by atoms with Crippen molar-refractivity contribution in [3.63, 3.8) is 0 Å². The summed E-state index contributed by atoms with van der Waals surface area (Å²) in [6.07, 6.45) is 10.1. The monoisotopic (exact) mass is 272 g/mol. The minimum atomic E-state index is -0.223. The molecule has 0 radical (unpaired) electrons. The zero-order valence-corrected chi connectivity index (χ0v) is 12.5. The molecule has 108 valence electrons. The number of rotatable bonds is 8. The lowest BCUT2D eigenvalue weighted by Crippen LogP contribution is -2.06. The van der Waals surface area contributed by atoms with E-state index in [1.807, 2.05) is 42.5 Å². The number of allylic oxidation sites excluding steroid dienone is 2. The van der Waals surface area contributed by atoms with Gasteiger partial charge in [-0.3, -0.25) is 0 Å². The van der Waals surface area contributed by atoms with Crippen molar-refractivity contribution < 1.29 is 9.53 Å². The van der Waals surface area contributed by atoms with Gasteiger partial charge in [-0.1, -0.05) is 74.7 Å². The maximum absolute atomic E-state index is 11.7. The Kier molecular flexibility index (Phi) is 8.13. The van der Waals surface area contributed by atoms with Crippen LogP contribution in [-0.2, 0) is 9.53 Å². The van der Waals surface area contributed by atoms with Crippen molar-refractivity contribution in [1.29, 1.82) is 0 Å². The third-order valence-electron chi connectivity index (χ3n) is 2.99. The Morgan fingerprint density at radius 2 is 1.90 bits per heavy atom. The molecule has 0 fully saturated rings. The highest BCUT2D eigenvalue weighted by molar-refractivity contribution is 5.88. The molecule has 0 aliphatic rings. The van der Waals surface area contributed by atoms with Crippen molar-refractivity contribution in [2.24, 2.45) is 0 Å². The molecule has 20 heavy (non-hydrogen) atoms. The zero-order valence-electron chi connectivity index (χ0n) is 12.5. The van der Waals surface area contributed by atoms with E-state index in [1.54, 1.807) is 13.0 Å². The molecule has 0 aliphatic heterocycles. The number of benzene rings is 1. The van der Waals surface area contributed by atoms with Crippen molar-refractivity contribution in [1.82, 2.24) is 0 Å². The summed E-state index contributed by atoms with van der Waals surface area (Å²) < 4.78 is 5.21. The Morgan fingerprint density at radius 1 is 1.15 bits per heavy atom. The molecule has 0 aromatic heterocycles. The third-order valence-corrected chi connectivity index (χ3v) is 2.99. The molecule has 0 spiro atoms. The standard InChI is InChI=1S/C18H24O2/c1-3-4-5-9-15-20-18(19)16(2)11-10-14-17-12-7-6-8-13-17/h6-8,10-14H,3-5,9,15H2,1-2H3. The highest BCUT2D eigenvalue weighted by Gasteiger charge is 2.03. The first-order valence-electron chi connectivity index (χ1n) is 7.31. The van der Waals surface area contributed by atoms with Crippen LogP contribution in [0.1, 0.15) is 45.1 Å². The van der Waals surface area contributed by atoms with Crippen LogP contribution < -0.4 is 0 Å². The minimum absolute atomic E-state index is 0.223. The van der Waals surface area contributed by atoms with Gasteiger partial charge in [0.25, 0.3) is 0 Å². The average Bonchev–Trinajstić information content (AvgIpc) is 2.47. The number of carbonyl (C=O) groups excluding carboxylic acids is 1. The van der Waals surface area contributed by atoms with Gasteiger partial charge in [0.1, 0.15) is 0 Å². The van der Waals surface area contributed by atoms with E-state index in [4.69, 9.17) is 4.74 Å². The number of hydrogen-bond acceptors (Lipinski definition) is 2. The van der Waals surface area contributed by atoms with E-state index < -0.39 is 0 Å². The lowest BCUT2D eigenvalue weighted by molar-refractivity contribution is -0.139. The first kappa shape index (κ1) is 16.2. The molecule has 0 heterocycles. The highest BCUT2D eigenvalue weighted by atomic mass is 16.5. The van der Waals surface area contributed by atoms with Gasteiger partial charge in [-0.15, -0.1) is 0 Å². The highest BCUT2D eigenvalue weighted by Crippen LogP contribution is 2.04. The molecule has 1 rings (SSSR count). The maximum Gasteiger partial charge on any atom is 0.333 e. The van der Waals surface area contributed by atoms with Crippen LogP contribution in [0.4, 0.5) is 0 Å². The van der Waals surface area contributed by atoms with Gasteiger partial charge in [0.05, 0.1) is 6.61 Å². The van der Waals surface area contributed by atoms with E-state index in [2.05, 4.69) is 6.92 Å². The van der Waals surface area contributed by atoms with E-state index in [1.165, 1.54) is 12.8 Å². The van der Waals surface area contributed by atoms with Crippen molar-refractivity contribution >= 4 is 12.0 Å². The Hall–Kier alpha value is -1.83. The summed E-state index contributed by atoms with van der Waals surface area (Å²) >= 11 is 0. The maximum atomic E-state index is 11.7. The smallest absolute Gasteiger partial charge is 0.333 e. The van der Waals surface area contributed by atoms with Gasteiger partial charge in [0.2, 0.25) is 0 Å². The molecule has 0 unspecified atom stereocenters. The molecule has 2 nitrogen and oxygen atoms in total. The Bertz CT molecular complexity index is 444.